The summed E-state index contributed by atoms with van der Waals surface area (Å²) < 4.78 is 59.6. The Morgan fingerprint density at radius 1 is 1.29 bits per heavy atom. The first-order valence-corrected chi connectivity index (χ1v) is 8.76. The fourth-order valence-corrected chi connectivity index (χ4v) is 3.01. The molecule has 148 valence electrons. The van der Waals surface area contributed by atoms with Crippen molar-refractivity contribution in [2.45, 2.75) is 12.8 Å². The van der Waals surface area contributed by atoms with Gasteiger partial charge in [-0.1, -0.05) is 16.8 Å². The van der Waals surface area contributed by atoms with Gasteiger partial charge >= 0.3 is 6.18 Å². The van der Waals surface area contributed by atoms with E-state index in [9.17, 15) is 17.6 Å². The smallest absolute Gasteiger partial charge is 0.435 e. The van der Waals surface area contributed by atoms with Crippen molar-refractivity contribution in [3.05, 3.63) is 56.9 Å². The predicted octanol–water partition coefficient (Wildman–Crippen LogP) is 5.03. The molecule has 0 saturated carbocycles. The minimum Gasteiger partial charge on any atom is -0.439 e. The minimum atomic E-state index is -4.74. The number of aryl methyl sites for hydroxylation is 1. The molecule has 0 amide bonds. The largest absolute Gasteiger partial charge is 0.439 e. The highest BCUT2D eigenvalue weighted by atomic mass is 35.5. The van der Waals surface area contributed by atoms with Crippen LogP contribution in [0.15, 0.2) is 35.6 Å². The van der Waals surface area contributed by atoms with Gasteiger partial charge in [-0.2, -0.15) is 18.3 Å². The Kier molecular flexibility index (Phi) is 5.84. The molecule has 0 aliphatic rings. The Bertz CT molecular complexity index is 986. The van der Waals surface area contributed by atoms with Gasteiger partial charge in [-0.15, -0.1) is 11.3 Å². The van der Waals surface area contributed by atoms with Gasteiger partial charge < -0.3 is 9.57 Å². The van der Waals surface area contributed by atoms with Crippen molar-refractivity contribution in [2.75, 3.05) is 0 Å². The van der Waals surface area contributed by atoms with Crippen molar-refractivity contribution in [2.24, 2.45) is 12.2 Å². The molecule has 0 aliphatic heterocycles. The zero-order chi connectivity index (χ0) is 20.3. The summed E-state index contributed by atoms with van der Waals surface area (Å²) in [5.74, 6) is -0.605. The molecular weight excluding hydrogens is 424 g/mol. The highest BCUT2D eigenvalue weighted by Crippen LogP contribution is 2.36. The molecule has 0 saturated heterocycles. The molecule has 0 bridgehead atoms. The van der Waals surface area contributed by atoms with Crippen LogP contribution in [-0.4, -0.2) is 21.0 Å². The standard InChI is InChI=1S/C16H11ClF4N4O2S/c1-25-14(27-10-4-2-9(18)3-5-10)12(13(24-25)16(19,20)21)7-23-26-8-11-6-22-15(17)28-11/h2-7H,8H2,1H3/b23-7+. The number of halogens is 5. The summed E-state index contributed by atoms with van der Waals surface area (Å²) >= 11 is 6.84. The van der Waals surface area contributed by atoms with E-state index in [1.807, 2.05) is 0 Å². The van der Waals surface area contributed by atoms with E-state index in [1.54, 1.807) is 0 Å². The molecule has 6 nitrogen and oxygen atoms in total. The molecule has 0 aliphatic carbocycles. The maximum absolute atomic E-state index is 13.3. The number of hydrogen-bond donors (Lipinski definition) is 0. The van der Waals surface area contributed by atoms with Gasteiger partial charge in [0.2, 0.25) is 5.88 Å². The van der Waals surface area contributed by atoms with Gasteiger partial charge in [0.15, 0.2) is 16.8 Å². The fourth-order valence-electron chi connectivity index (χ4n) is 2.13. The SMILES string of the molecule is Cn1nc(C(F)(F)F)c(/C=N/OCc2cnc(Cl)s2)c1Oc1ccc(F)cc1. The lowest BCUT2D eigenvalue weighted by Gasteiger charge is -2.07. The molecule has 0 radical (unpaired) electrons. The van der Waals surface area contributed by atoms with E-state index in [1.165, 1.54) is 25.4 Å². The van der Waals surface area contributed by atoms with Crippen LogP contribution in [0, 0.1) is 5.82 Å². The second-order valence-corrected chi connectivity index (χ2v) is 7.03. The minimum absolute atomic E-state index is 0.0172. The van der Waals surface area contributed by atoms with Crippen molar-refractivity contribution in [1.82, 2.24) is 14.8 Å². The molecule has 2 heterocycles. The molecular formula is C16H11ClF4N4O2S. The average molecular weight is 435 g/mol. The van der Waals surface area contributed by atoms with Crippen LogP contribution in [0.3, 0.4) is 0 Å². The van der Waals surface area contributed by atoms with Crippen molar-refractivity contribution >= 4 is 29.2 Å². The van der Waals surface area contributed by atoms with Crippen LogP contribution in [0.1, 0.15) is 16.1 Å². The number of hydrogen-bond acceptors (Lipinski definition) is 6. The summed E-state index contributed by atoms with van der Waals surface area (Å²) in [5.41, 5.74) is -1.62. The first-order valence-electron chi connectivity index (χ1n) is 7.57. The molecule has 2 aromatic heterocycles. The zero-order valence-electron chi connectivity index (χ0n) is 14.1. The third-order valence-corrected chi connectivity index (χ3v) is 4.40. The Morgan fingerprint density at radius 3 is 2.61 bits per heavy atom. The number of aromatic nitrogens is 3. The maximum Gasteiger partial charge on any atom is 0.435 e. The van der Waals surface area contributed by atoms with E-state index in [-0.39, 0.29) is 18.2 Å². The summed E-state index contributed by atoms with van der Waals surface area (Å²) in [6, 6.07) is 4.79. The summed E-state index contributed by atoms with van der Waals surface area (Å²) in [4.78, 5) is 9.47. The molecule has 0 fully saturated rings. The average Bonchev–Trinajstić information content (AvgIpc) is 3.17. The lowest BCUT2D eigenvalue weighted by atomic mass is 10.2. The van der Waals surface area contributed by atoms with Gasteiger partial charge in [-0.25, -0.2) is 14.1 Å². The predicted molar refractivity (Wildman–Crippen MR) is 94.2 cm³/mol. The summed E-state index contributed by atoms with van der Waals surface area (Å²) in [5, 5.41) is 7.02. The zero-order valence-corrected chi connectivity index (χ0v) is 15.6. The van der Waals surface area contributed by atoms with Crippen LogP contribution in [0.5, 0.6) is 11.6 Å². The van der Waals surface area contributed by atoms with Crippen LogP contribution in [0.4, 0.5) is 17.6 Å². The third kappa shape index (κ3) is 4.78. The quantitative estimate of drug-likeness (QED) is 0.310. The number of nitrogens with zero attached hydrogens (tertiary/aromatic N) is 4. The van der Waals surface area contributed by atoms with Crippen LogP contribution in [-0.2, 0) is 24.7 Å². The monoisotopic (exact) mass is 434 g/mol. The summed E-state index contributed by atoms with van der Waals surface area (Å²) in [6.07, 6.45) is -2.41. The van der Waals surface area contributed by atoms with E-state index in [2.05, 4.69) is 15.2 Å². The second kappa shape index (κ2) is 8.15. The van der Waals surface area contributed by atoms with E-state index >= 15 is 0 Å². The molecule has 1 aromatic carbocycles. The summed E-state index contributed by atoms with van der Waals surface area (Å²) in [7, 11) is 1.28. The molecule has 0 spiro atoms. The van der Waals surface area contributed by atoms with Gasteiger partial charge in [0, 0.05) is 13.2 Å². The van der Waals surface area contributed by atoms with Crippen LogP contribution < -0.4 is 4.74 Å². The van der Waals surface area contributed by atoms with Crippen molar-refractivity contribution < 1.29 is 27.1 Å². The lowest BCUT2D eigenvalue weighted by molar-refractivity contribution is -0.141. The van der Waals surface area contributed by atoms with Crippen molar-refractivity contribution in [3.63, 3.8) is 0 Å². The highest BCUT2D eigenvalue weighted by molar-refractivity contribution is 7.15. The van der Waals surface area contributed by atoms with Gasteiger partial charge in [-0.3, -0.25) is 0 Å². The van der Waals surface area contributed by atoms with Gasteiger partial charge in [0.25, 0.3) is 0 Å². The number of rotatable bonds is 6. The molecule has 0 atom stereocenters. The van der Waals surface area contributed by atoms with Crippen molar-refractivity contribution in [1.29, 1.82) is 0 Å². The number of alkyl halides is 3. The van der Waals surface area contributed by atoms with E-state index in [0.29, 0.717) is 9.34 Å². The Hall–Kier alpha value is -2.66. The van der Waals surface area contributed by atoms with E-state index in [0.717, 1.165) is 34.4 Å². The van der Waals surface area contributed by atoms with Crippen molar-refractivity contribution in [3.8, 4) is 11.6 Å². The van der Waals surface area contributed by atoms with E-state index < -0.39 is 23.3 Å². The van der Waals surface area contributed by atoms with Gasteiger partial charge in [0.05, 0.1) is 16.7 Å². The number of ether oxygens (including phenoxy) is 1. The number of benzene rings is 1. The highest BCUT2D eigenvalue weighted by Gasteiger charge is 2.39. The van der Waals surface area contributed by atoms with E-state index in [4.69, 9.17) is 21.2 Å². The Balaban J connectivity index is 1.85. The molecule has 12 heteroatoms. The second-order valence-electron chi connectivity index (χ2n) is 5.33. The van der Waals surface area contributed by atoms with Gasteiger partial charge in [0.1, 0.15) is 11.6 Å². The summed E-state index contributed by atoms with van der Waals surface area (Å²) in [6.45, 7) is -0.0172. The molecule has 3 aromatic rings. The molecule has 28 heavy (non-hydrogen) atoms. The Labute approximate surface area is 165 Å². The first kappa shape index (κ1) is 20.1. The van der Waals surface area contributed by atoms with Crippen LogP contribution in [0.25, 0.3) is 0 Å². The van der Waals surface area contributed by atoms with Crippen LogP contribution >= 0.6 is 22.9 Å². The topological polar surface area (TPSA) is 61.5 Å². The van der Waals surface area contributed by atoms with Crippen LogP contribution in [0.2, 0.25) is 4.47 Å². The lowest BCUT2D eigenvalue weighted by Crippen LogP contribution is -2.09. The molecule has 3 rings (SSSR count). The maximum atomic E-state index is 13.3. The Morgan fingerprint density at radius 2 is 2.00 bits per heavy atom. The molecule has 0 N–H and O–H groups in total. The number of oxime groups is 1. The first-order chi connectivity index (χ1) is 13.2. The fraction of sp³-hybridized carbons (Fsp3) is 0.188. The molecule has 0 unspecified atom stereocenters. The normalized spacial score (nSPS) is 11.9. The van der Waals surface area contributed by atoms with Gasteiger partial charge in [-0.05, 0) is 24.3 Å². The number of thiazole rings is 1. The third-order valence-electron chi connectivity index (χ3n) is 3.31.